The predicted molar refractivity (Wildman–Crippen MR) is 78.6 cm³/mol. The van der Waals surface area contributed by atoms with Crippen molar-refractivity contribution in [2.24, 2.45) is 0 Å². The Labute approximate surface area is 117 Å². The van der Waals surface area contributed by atoms with Crippen LogP contribution in [0.5, 0.6) is 11.5 Å². The summed E-state index contributed by atoms with van der Waals surface area (Å²) in [6, 6.07) is 5.96. The fraction of sp³-hybridized carbons (Fsp3) is 0.429. The Bertz CT molecular complexity index is 393. The van der Waals surface area contributed by atoms with Crippen molar-refractivity contribution in [1.82, 2.24) is 5.32 Å². The first kappa shape index (κ1) is 15.1. The lowest BCUT2D eigenvalue weighted by atomic mass is 10.2. The molecule has 100 valence electrons. The molecule has 0 atom stereocenters. The van der Waals surface area contributed by atoms with Gasteiger partial charge in [0.05, 0.1) is 7.11 Å². The first-order valence-corrected chi connectivity index (χ1v) is 6.80. The molecule has 0 spiro atoms. The Hall–Kier alpha value is -1.00. The molecule has 4 heteroatoms. The summed E-state index contributed by atoms with van der Waals surface area (Å²) < 4.78 is 11.7. The number of halogens is 1. The second kappa shape index (κ2) is 8.16. The van der Waals surface area contributed by atoms with E-state index in [0.717, 1.165) is 35.5 Å². The van der Waals surface area contributed by atoms with E-state index in [-0.39, 0.29) is 0 Å². The molecule has 0 saturated heterocycles. The van der Waals surface area contributed by atoms with E-state index in [4.69, 9.17) is 9.47 Å². The van der Waals surface area contributed by atoms with Crippen LogP contribution in [-0.2, 0) is 6.54 Å². The monoisotopic (exact) mass is 313 g/mol. The van der Waals surface area contributed by atoms with Gasteiger partial charge in [0.1, 0.15) is 6.61 Å². The van der Waals surface area contributed by atoms with Crippen molar-refractivity contribution in [1.29, 1.82) is 0 Å². The Morgan fingerprint density at radius 2 is 2.17 bits per heavy atom. The average molecular weight is 314 g/mol. The Balaban J connectivity index is 2.67. The maximum absolute atomic E-state index is 5.58. The predicted octanol–water partition coefficient (Wildman–Crippen LogP) is 3.48. The molecule has 1 N–H and O–H groups in total. The molecule has 0 fully saturated rings. The molecule has 1 rings (SSSR count). The standard InChI is InChI=1S/C14H20BrNO2/c1-4-7-16-9-12-5-6-13(14(8-12)17-3)18-10-11(2)15/h5-6,8,16H,2,4,7,9-10H2,1,3H3. The number of hydrogen-bond acceptors (Lipinski definition) is 3. The highest BCUT2D eigenvalue weighted by Crippen LogP contribution is 2.28. The molecule has 0 heterocycles. The van der Waals surface area contributed by atoms with E-state index < -0.39 is 0 Å². The van der Waals surface area contributed by atoms with Crippen LogP contribution in [0.3, 0.4) is 0 Å². The molecule has 0 bridgehead atoms. The molecule has 0 aliphatic rings. The SMILES string of the molecule is C=C(Br)COc1ccc(CNCCC)cc1OC. The van der Waals surface area contributed by atoms with E-state index in [1.807, 2.05) is 18.2 Å². The van der Waals surface area contributed by atoms with Crippen LogP contribution >= 0.6 is 15.9 Å². The Morgan fingerprint density at radius 1 is 1.39 bits per heavy atom. The minimum absolute atomic E-state index is 0.434. The molecule has 0 saturated carbocycles. The number of methoxy groups -OCH3 is 1. The fourth-order valence-corrected chi connectivity index (χ4v) is 1.62. The van der Waals surface area contributed by atoms with Crippen molar-refractivity contribution in [2.75, 3.05) is 20.3 Å². The zero-order chi connectivity index (χ0) is 13.4. The summed E-state index contributed by atoms with van der Waals surface area (Å²) in [6.45, 7) is 8.18. The maximum atomic E-state index is 5.58. The number of benzene rings is 1. The van der Waals surface area contributed by atoms with Gasteiger partial charge in [-0.2, -0.15) is 0 Å². The summed E-state index contributed by atoms with van der Waals surface area (Å²) in [5.74, 6) is 1.48. The molecule has 1 aromatic rings. The van der Waals surface area contributed by atoms with Crippen molar-refractivity contribution >= 4 is 15.9 Å². The van der Waals surface area contributed by atoms with Crippen LogP contribution in [-0.4, -0.2) is 20.3 Å². The zero-order valence-electron chi connectivity index (χ0n) is 11.0. The Morgan fingerprint density at radius 3 is 2.78 bits per heavy atom. The van der Waals surface area contributed by atoms with Gasteiger partial charge in [-0.1, -0.05) is 35.5 Å². The highest BCUT2D eigenvalue weighted by Gasteiger charge is 2.05. The van der Waals surface area contributed by atoms with Gasteiger partial charge < -0.3 is 14.8 Å². The van der Waals surface area contributed by atoms with Gasteiger partial charge in [0, 0.05) is 11.0 Å². The molecule has 0 aromatic heterocycles. The van der Waals surface area contributed by atoms with E-state index in [1.165, 1.54) is 5.56 Å². The number of nitrogens with one attached hydrogen (secondary N) is 1. The van der Waals surface area contributed by atoms with Gasteiger partial charge in [0.2, 0.25) is 0 Å². The van der Waals surface area contributed by atoms with Gasteiger partial charge in [0.15, 0.2) is 11.5 Å². The summed E-state index contributed by atoms with van der Waals surface area (Å²) in [6.07, 6.45) is 1.13. The topological polar surface area (TPSA) is 30.5 Å². The highest BCUT2D eigenvalue weighted by atomic mass is 79.9. The smallest absolute Gasteiger partial charge is 0.161 e. The molecular formula is C14H20BrNO2. The van der Waals surface area contributed by atoms with Crippen molar-refractivity contribution in [3.05, 3.63) is 34.8 Å². The van der Waals surface area contributed by atoms with Gasteiger partial charge in [-0.05, 0) is 30.7 Å². The van der Waals surface area contributed by atoms with Crippen molar-refractivity contribution in [3.63, 3.8) is 0 Å². The van der Waals surface area contributed by atoms with Gasteiger partial charge in [0.25, 0.3) is 0 Å². The van der Waals surface area contributed by atoms with E-state index >= 15 is 0 Å². The molecule has 0 amide bonds. The van der Waals surface area contributed by atoms with Crippen LogP contribution in [0.2, 0.25) is 0 Å². The third-order valence-electron chi connectivity index (χ3n) is 2.37. The van der Waals surface area contributed by atoms with Gasteiger partial charge in [-0.15, -0.1) is 0 Å². The quantitative estimate of drug-likeness (QED) is 0.745. The number of rotatable bonds is 8. The first-order chi connectivity index (χ1) is 8.67. The fourth-order valence-electron chi connectivity index (χ4n) is 1.51. The van der Waals surface area contributed by atoms with Crippen LogP contribution in [0, 0.1) is 0 Å². The van der Waals surface area contributed by atoms with Crippen molar-refractivity contribution in [3.8, 4) is 11.5 Å². The molecule has 0 aliphatic heterocycles. The van der Waals surface area contributed by atoms with E-state index in [2.05, 4.69) is 34.7 Å². The second-order valence-corrected chi connectivity index (χ2v) is 5.09. The second-order valence-electron chi connectivity index (χ2n) is 3.97. The lowest BCUT2D eigenvalue weighted by Gasteiger charge is -2.12. The van der Waals surface area contributed by atoms with E-state index in [0.29, 0.717) is 6.61 Å². The van der Waals surface area contributed by atoms with Crippen LogP contribution < -0.4 is 14.8 Å². The van der Waals surface area contributed by atoms with Crippen LogP contribution in [0.15, 0.2) is 29.3 Å². The Kier molecular flexibility index (Phi) is 6.83. The number of hydrogen-bond donors (Lipinski definition) is 1. The zero-order valence-corrected chi connectivity index (χ0v) is 12.5. The van der Waals surface area contributed by atoms with E-state index in [9.17, 15) is 0 Å². The summed E-state index contributed by atoms with van der Waals surface area (Å²) in [5, 5.41) is 3.35. The van der Waals surface area contributed by atoms with Crippen molar-refractivity contribution in [2.45, 2.75) is 19.9 Å². The molecular weight excluding hydrogens is 294 g/mol. The summed E-state index contributed by atoms with van der Waals surface area (Å²) in [4.78, 5) is 0. The summed E-state index contributed by atoms with van der Waals surface area (Å²) >= 11 is 3.26. The largest absolute Gasteiger partial charge is 0.493 e. The van der Waals surface area contributed by atoms with Crippen LogP contribution in [0.1, 0.15) is 18.9 Å². The lowest BCUT2D eigenvalue weighted by Crippen LogP contribution is -2.13. The molecule has 0 aliphatic carbocycles. The molecule has 0 radical (unpaired) electrons. The highest BCUT2D eigenvalue weighted by molar-refractivity contribution is 9.11. The average Bonchev–Trinajstić information content (AvgIpc) is 2.37. The summed E-state index contributed by atoms with van der Waals surface area (Å²) in [5.41, 5.74) is 1.19. The molecule has 18 heavy (non-hydrogen) atoms. The number of ether oxygens (including phenoxy) is 2. The molecule has 0 unspecified atom stereocenters. The first-order valence-electron chi connectivity index (χ1n) is 6.01. The van der Waals surface area contributed by atoms with Crippen LogP contribution in [0.4, 0.5) is 0 Å². The minimum atomic E-state index is 0.434. The third-order valence-corrected chi connectivity index (χ3v) is 2.60. The minimum Gasteiger partial charge on any atom is -0.493 e. The van der Waals surface area contributed by atoms with Crippen molar-refractivity contribution < 1.29 is 9.47 Å². The molecule has 3 nitrogen and oxygen atoms in total. The van der Waals surface area contributed by atoms with E-state index in [1.54, 1.807) is 7.11 Å². The van der Waals surface area contributed by atoms with Gasteiger partial charge in [-0.25, -0.2) is 0 Å². The van der Waals surface area contributed by atoms with Gasteiger partial charge in [-0.3, -0.25) is 0 Å². The normalized spacial score (nSPS) is 10.2. The third kappa shape index (κ3) is 5.10. The maximum Gasteiger partial charge on any atom is 0.161 e. The molecule has 1 aromatic carbocycles. The van der Waals surface area contributed by atoms with Gasteiger partial charge >= 0.3 is 0 Å². The lowest BCUT2D eigenvalue weighted by molar-refractivity contribution is 0.324. The summed E-state index contributed by atoms with van der Waals surface area (Å²) in [7, 11) is 1.65. The van der Waals surface area contributed by atoms with Crippen LogP contribution in [0.25, 0.3) is 0 Å².